The lowest BCUT2D eigenvalue weighted by atomic mass is 10.2. The summed E-state index contributed by atoms with van der Waals surface area (Å²) < 4.78 is 21.0. The minimum absolute atomic E-state index is 0.509. The number of benzene rings is 1. The monoisotopic (exact) mass is 182 g/mol. The van der Waals surface area contributed by atoms with Gasteiger partial charge in [-0.25, -0.2) is 4.21 Å². The van der Waals surface area contributed by atoms with E-state index in [9.17, 15) is 4.21 Å². The van der Waals surface area contributed by atoms with Gasteiger partial charge in [-0.3, -0.25) is 9.27 Å². The van der Waals surface area contributed by atoms with E-state index in [4.69, 9.17) is 9.81 Å². The fourth-order valence-corrected chi connectivity index (χ4v) is 1.05. The van der Waals surface area contributed by atoms with Crippen molar-refractivity contribution in [2.75, 3.05) is 4.72 Å². The minimum Gasteiger partial charge on any atom is -0.289 e. The quantitative estimate of drug-likeness (QED) is 0.673. The first-order chi connectivity index (χ1) is 5.72. The van der Waals surface area contributed by atoms with Crippen LogP contribution in [0, 0.1) is 11.3 Å². The maximum Gasteiger partial charge on any atom is 0.259 e. The molecule has 0 aliphatic carbocycles. The number of hydrogen-bond acceptors (Lipinski definition) is 2. The molecule has 2 N–H and O–H groups in total. The van der Waals surface area contributed by atoms with E-state index in [-0.39, 0.29) is 0 Å². The molecule has 5 heteroatoms. The summed E-state index contributed by atoms with van der Waals surface area (Å²) in [7, 11) is 0. The third-order valence-electron chi connectivity index (χ3n) is 1.22. The highest BCUT2D eigenvalue weighted by Gasteiger charge is 1.94. The van der Waals surface area contributed by atoms with E-state index in [1.165, 1.54) is 0 Å². The lowest BCUT2D eigenvalue weighted by Crippen LogP contribution is -2.01. The molecule has 0 aliphatic rings. The van der Waals surface area contributed by atoms with Crippen LogP contribution in [0.25, 0.3) is 0 Å². The standard InChI is InChI=1S/C7H6N2O2S/c8-5-6-1-3-7(4-2-6)9-12(10)11/h1-4,9H,(H,10,11). The van der Waals surface area contributed by atoms with Crippen molar-refractivity contribution in [3.63, 3.8) is 0 Å². The van der Waals surface area contributed by atoms with Gasteiger partial charge in [0.15, 0.2) is 0 Å². The van der Waals surface area contributed by atoms with Crippen LogP contribution in [0.3, 0.4) is 0 Å². The zero-order valence-electron chi connectivity index (χ0n) is 6.02. The first kappa shape index (κ1) is 8.71. The molecule has 12 heavy (non-hydrogen) atoms. The Bertz CT molecular complexity index is 328. The van der Waals surface area contributed by atoms with Gasteiger partial charge in [-0.15, -0.1) is 0 Å². The Kier molecular flexibility index (Phi) is 2.80. The van der Waals surface area contributed by atoms with Crippen molar-refractivity contribution in [1.82, 2.24) is 0 Å². The minimum atomic E-state index is -2.06. The summed E-state index contributed by atoms with van der Waals surface area (Å²) in [6.45, 7) is 0. The van der Waals surface area contributed by atoms with E-state index in [0.717, 1.165) is 0 Å². The first-order valence-corrected chi connectivity index (χ1v) is 4.21. The highest BCUT2D eigenvalue weighted by atomic mass is 32.2. The van der Waals surface area contributed by atoms with Crippen LogP contribution in [0.15, 0.2) is 24.3 Å². The maximum absolute atomic E-state index is 10.3. The van der Waals surface area contributed by atoms with Gasteiger partial charge in [0.25, 0.3) is 11.3 Å². The summed E-state index contributed by atoms with van der Waals surface area (Å²) in [4.78, 5) is 0. The van der Waals surface area contributed by atoms with Crippen LogP contribution in [0.5, 0.6) is 0 Å². The molecule has 0 saturated heterocycles. The number of nitriles is 1. The molecule has 1 unspecified atom stereocenters. The van der Waals surface area contributed by atoms with E-state index in [1.54, 1.807) is 24.3 Å². The summed E-state index contributed by atoms with van der Waals surface area (Å²) in [5, 5.41) is 8.43. The third-order valence-corrected chi connectivity index (χ3v) is 1.63. The van der Waals surface area contributed by atoms with Crippen LogP contribution in [0.2, 0.25) is 0 Å². The number of anilines is 1. The second-order valence-electron chi connectivity index (χ2n) is 2.04. The maximum atomic E-state index is 10.3. The van der Waals surface area contributed by atoms with Crippen LogP contribution >= 0.6 is 0 Å². The van der Waals surface area contributed by atoms with Crippen molar-refractivity contribution < 1.29 is 8.76 Å². The van der Waals surface area contributed by atoms with Crippen molar-refractivity contribution in [3.05, 3.63) is 29.8 Å². The second-order valence-corrected chi connectivity index (χ2v) is 2.74. The Balaban J connectivity index is 2.80. The molecule has 0 aliphatic heterocycles. The van der Waals surface area contributed by atoms with Gasteiger partial charge in [0.05, 0.1) is 11.6 Å². The highest BCUT2D eigenvalue weighted by molar-refractivity contribution is 7.80. The van der Waals surface area contributed by atoms with Crippen molar-refractivity contribution in [2.45, 2.75) is 0 Å². The van der Waals surface area contributed by atoms with Crippen LogP contribution in [-0.2, 0) is 11.3 Å². The topological polar surface area (TPSA) is 73.1 Å². The van der Waals surface area contributed by atoms with Crippen LogP contribution in [-0.4, -0.2) is 8.76 Å². The highest BCUT2D eigenvalue weighted by Crippen LogP contribution is 2.08. The average Bonchev–Trinajstić information content (AvgIpc) is 2.05. The van der Waals surface area contributed by atoms with Gasteiger partial charge in [0.1, 0.15) is 0 Å². The van der Waals surface area contributed by atoms with Crippen LogP contribution in [0.1, 0.15) is 5.56 Å². The molecule has 1 aromatic rings. The molecule has 4 nitrogen and oxygen atoms in total. The summed E-state index contributed by atoms with van der Waals surface area (Å²) in [6, 6.07) is 8.20. The molecule has 1 aromatic carbocycles. The number of hydrogen-bond donors (Lipinski definition) is 2. The summed E-state index contributed by atoms with van der Waals surface area (Å²) in [5.74, 6) is 0. The van der Waals surface area contributed by atoms with Gasteiger partial charge in [0.2, 0.25) is 0 Å². The summed E-state index contributed by atoms with van der Waals surface area (Å²) in [6.07, 6.45) is 0. The van der Waals surface area contributed by atoms with Crippen LogP contribution < -0.4 is 4.72 Å². The molecule has 0 aromatic heterocycles. The molecule has 0 heterocycles. The Morgan fingerprint density at radius 3 is 2.42 bits per heavy atom. The van der Waals surface area contributed by atoms with E-state index >= 15 is 0 Å². The van der Waals surface area contributed by atoms with E-state index in [2.05, 4.69) is 4.72 Å². The van der Waals surface area contributed by atoms with Gasteiger partial charge >= 0.3 is 0 Å². The normalized spacial score (nSPS) is 11.7. The SMILES string of the molecule is N#Cc1ccc(NS(=O)O)cc1. The molecule has 0 spiro atoms. The predicted octanol–water partition coefficient (Wildman–Crippen LogP) is 1.11. The Morgan fingerprint density at radius 2 is 2.00 bits per heavy atom. The molecule has 0 radical (unpaired) electrons. The fourth-order valence-electron chi connectivity index (χ4n) is 0.714. The van der Waals surface area contributed by atoms with E-state index in [1.807, 2.05) is 6.07 Å². The molecule has 62 valence electrons. The van der Waals surface area contributed by atoms with Gasteiger partial charge in [-0.2, -0.15) is 5.26 Å². The van der Waals surface area contributed by atoms with Crippen LogP contribution in [0.4, 0.5) is 5.69 Å². The van der Waals surface area contributed by atoms with E-state index < -0.39 is 11.3 Å². The Hall–Kier alpha value is -1.38. The summed E-state index contributed by atoms with van der Waals surface area (Å²) in [5.41, 5.74) is 1.03. The van der Waals surface area contributed by atoms with Crippen molar-refractivity contribution in [1.29, 1.82) is 5.26 Å². The van der Waals surface area contributed by atoms with Crippen molar-refractivity contribution >= 4 is 17.0 Å². The zero-order chi connectivity index (χ0) is 8.97. The summed E-state index contributed by atoms with van der Waals surface area (Å²) >= 11 is -2.06. The smallest absolute Gasteiger partial charge is 0.259 e. The zero-order valence-corrected chi connectivity index (χ0v) is 6.84. The molecule has 0 fully saturated rings. The number of nitrogens with one attached hydrogen (secondary N) is 1. The largest absolute Gasteiger partial charge is 0.289 e. The van der Waals surface area contributed by atoms with E-state index in [0.29, 0.717) is 11.3 Å². The molecular formula is C7H6N2O2S. The Morgan fingerprint density at radius 1 is 1.42 bits per heavy atom. The number of rotatable bonds is 2. The molecule has 1 rings (SSSR count). The molecule has 0 saturated carbocycles. The number of nitrogens with zero attached hydrogens (tertiary/aromatic N) is 1. The van der Waals surface area contributed by atoms with Gasteiger partial charge in [-0.1, -0.05) is 0 Å². The lowest BCUT2D eigenvalue weighted by Gasteiger charge is -1.98. The first-order valence-electron chi connectivity index (χ1n) is 3.10. The van der Waals surface area contributed by atoms with Crippen molar-refractivity contribution in [2.24, 2.45) is 0 Å². The molecule has 0 bridgehead atoms. The predicted molar refractivity (Wildman–Crippen MR) is 45.6 cm³/mol. The second kappa shape index (κ2) is 3.85. The molecular weight excluding hydrogens is 176 g/mol. The van der Waals surface area contributed by atoms with Gasteiger partial charge < -0.3 is 0 Å². The third kappa shape index (κ3) is 2.34. The van der Waals surface area contributed by atoms with Gasteiger partial charge in [0, 0.05) is 5.69 Å². The van der Waals surface area contributed by atoms with Gasteiger partial charge in [-0.05, 0) is 24.3 Å². The lowest BCUT2D eigenvalue weighted by molar-refractivity contribution is 0.570. The Labute approximate surface area is 72.3 Å². The van der Waals surface area contributed by atoms with Crippen molar-refractivity contribution in [3.8, 4) is 6.07 Å². The average molecular weight is 182 g/mol. The fraction of sp³-hybridized carbons (Fsp3) is 0. The molecule has 0 amide bonds. The molecule has 1 atom stereocenters.